The number of ketones is 1. The van der Waals surface area contributed by atoms with Crippen LogP contribution in [-0.4, -0.2) is 14.8 Å². The zero-order chi connectivity index (χ0) is 12.4. The van der Waals surface area contributed by atoms with Crippen molar-refractivity contribution in [1.82, 2.24) is 5.27 Å². The van der Waals surface area contributed by atoms with Crippen molar-refractivity contribution in [2.45, 2.75) is 3.74 Å². The van der Waals surface area contributed by atoms with Crippen molar-refractivity contribution in [2.75, 3.05) is 0 Å². The van der Waals surface area contributed by atoms with Crippen molar-refractivity contribution in [2.24, 2.45) is 0 Å². The summed E-state index contributed by atoms with van der Waals surface area (Å²) in [6.07, 6.45) is 1.17. The predicted molar refractivity (Wildman–Crippen MR) is 63.5 cm³/mol. The van der Waals surface area contributed by atoms with Gasteiger partial charge >= 0.3 is 0 Å². The number of hydrogen-bond donors (Lipinski definition) is 0. The highest BCUT2D eigenvalue weighted by molar-refractivity contribution is 9.25. The molecule has 0 aliphatic carbocycles. The van der Waals surface area contributed by atoms with Crippen LogP contribution in [0.15, 0.2) is 35.0 Å². The van der Waals surface area contributed by atoms with E-state index in [1.165, 1.54) is 10.9 Å². The van der Waals surface area contributed by atoms with Gasteiger partial charge in [0.2, 0.25) is 11.9 Å². The Morgan fingerprint density at radius 2 is 2.12 bits per heavy atom. The van der Waals surface area contributed by atoms with Gasteiger partial charge < -0.3 is 9.63 Å². The van der Waals surface area contributed by atoms with E-state index in [1.807, 2.05) is 0 Å². The van der Waals surface area contributed by atoms with Gasteiger partial charge in [-0.1, -0.05) is 44.0 Å². The quantitative estimate of drug-likeness (QED) is 0.469. The Balaban J connectivity index is 2.51. The highest BCUT2D eigenvalue weighted by atomic mass is 79.9. The van der Waals surface area contributed by atoms with E-state index in [0.29, 0.717) is 11.3 Å². The fourth-order valence-electron chi connectivity index (χ4n) is 1.34. The third kappa shape index (κ3) is 2.55. The molecular weight excluding hydrogens is 356 g/mol. The maximum absolute atomic E-state index is 11.9. The molecule has 0 atom stereocenters. The Morgan fingerprint density at radius 1 is 1.41 bits per heavy atom. The van der Waals surface area contributed by atoms with Crippen molar-refractivity contribution in [3.8, 4) is 11.6 Å². The van der Waals surface area contributed by atoms with E-state index < -0.39 is 9.68 Å². The van der Waals surface area contributed by atoms with Gasteiger partial charge in [0.1, 0.15) is 9.68 Å². The first-order chi connectivity index (χ1) is 8.09. The molecular formula is C10H6Br2N2O3. The molecule has 0 saturated heterocycles. The standard InChI is InChI=1S/C10H6Br2N2O3/c11-10(12)9(16)6-3-1-2-4-7(6)14-5-8(15)17-13-14/h1-5,10H. The number of para-hydroxylation sites is 1. The molecule has 5 nitrogen and oxygen atoms in total. The second kappa shape index (κ2) is 4.97. The lowest BCUT2D eigenvalue weighted by molar-refractivity contribution is -0.670. The lowest BCUT2D eigenvalue weighted by Gasteiger charge is -2.01. The van der Waals surface area contributed by atoms with E-state index in [9.17, 15) is 9.90 Å². The molecule has 0 aliphatic rings. The van der Waals surface area contributed by atoms with Gasteiger partial charge in [-0.15, -0.1) is 0 Å². The number of halogens is 2. The molecule has 0 bridgehead atoms. The minimum atomic E-state index is -0.568. The van der Waals surface area contributed by atoms with Crippen molar-refractivity contribution in [3.63, 3.8) is 0 Å². The normalized spacial score (nSPS) is 10.8. The molecule has 2 aromatic rings. The molecule has 2 rings (SSSR count). The van der Waals surface area contributed by atoms with E-state index in [2.05, 4.69) is 41.7 Å². The first-order valence-corrected chi connectivity index (χ1v) is 6.40. The van der Waals surface area contributed by atoms with Crippen molar-refractivity contribution in [3.05, 3.63) is 36.0 Å². The number of Topliss-reactive ketones (excluding diaryl/α,β-unsaturated/α-hetero) is 1. The third-order valence-corrected chi connectivity index (χ3v) is 2.89. The predicted octanol–water partition coefficient (Wildman–Crippen LogP) is 1.32. The molecule has 7 heteroatoms. The summed E-state index contributed by atoms with van der Waals surface area (Å²) in [7, 11) is 0. The Morgan fingerprint density at radius 3 is 2.71 bits per heavy atom. The summed E-state index contributed by atoms with van der Waals surface area (Å²) in [6, 6.07) is 6.81. The molecule has 0 unspecified atom stereocenters. The Bertz CT molecular complexity index is 554. The summed E-state index contributed by atoms with van der Waals surface area (Å²) in [5.41, 5.74) is 0.928. The highest BCUT2D eigenvalue weighted by Crippen LogP contribution is 2.19. The first-order valence-electron chi connectivity index (χ1n) is 4.57. The lowest BCUT2D eigenvalue weighted by atomic mass is 10.1. The molecule has 88 valence electrons. The van der Waals surface area contributed by atoms with Crippen LogP contribution in [0.2, 0.25) is 0 Å². The molecule has 0 N–H and O–H groups in total. The molecule has 1 heterocycles. The second-order valence-electron chi connectivity index (χ2n) is 3.15. The average Bonchev–Trinajstić information content (AvgIpc) is 2.74. The molecule has 1 aromatic carbocycles. The van der Waals surface area contributed by atoms with E-state index in [0.717, 1.165) is 0 Å². The van der Waals surface area contributed by atoms with Crippen LogP contribution in [0, 0.1) is 0 Å². The zero-order valence-corrected chi connectivity index (χ0v) is 11.5. The number of hydrogen-bond acceptors (Lipinski definition) is 4. The second-order valence-corrected chi connectivity index (χ2v) is 6.21. The molecule has 0 spiro atoms. The fraction of sp³-hybridized carbons (Fsp3) is 0.100. The molecule has 0 amide bonds. The van der Waals surface area contributed by atoms with E-state index in [-0.39, 0.29) is 5.78 Å². The van der Waals surface area contributed by atoms with Crippen molar-refractivity contribution < 1.29 is 19.1 Å². The van der Waals surface area contributed by atoms with Crippen LogP contribution in [0.1, 0.15) is 10.4 Å². The van der Waals surface area contributed by atoms with Crippen LogP contribution in [0.3, 0.4) is 0 Å². The van der Waals surface area contributed by atoms with Crippen LogP contribution in [0.4, 0.5) is 0 Å². The zero-order valence-electron chi connectivity index (χ0n) is 8.34. The molecule has 0 aliphatic heterocycles. The van der Waals surface area contributed by atoms with Gasteiger partial charge in [-0.25, -0.2) is 0 Å². The summed E-state index contributed by atoms with van der Waals surface area (Å²) in [6.45, 7) is 0. The van der Waals surface area contributed by atoms with Crippen LogP contribution in [-0.2, 0) is 0 Å². The topological polar surface area (TPSA) is 70.0 Å². The lowest BCUT2D eigenvalue weighted by Crippen LogP contribution is -2.34. The van der Waals surface area contributed by atoms with Crippen LogP contribution >= 0.6 is 31.9 Å². The number of aromatic nitrogens is 2. The summed E-state index contributed by atoms with van der Waals surface area (Å²) in [5.74, 6) is -0.731. The van der Waals surface area contributed by atoms with Crippen LogP contribution in [0.5, 0.6) is 5.95 Å². The number of carbonyl (C=O) groups excluding carboxylic acids is 1. The first kappa shape index (κ1) is 12.3. The van der Waals surface area contributed by atoms with Gasteiger partial charge in [-0.05, 0) is 10.7 Å². The average molecular weight is 362 g/mol. The van der Waals surface area contributed by atoms with Crippen molar-refractivity contribution >= 4 is 37.6 Å². The highest BCUT2D eigenvalue weighted by Gasteiger charge is 2.23. The maximum Gasteiger partial charge on any atom is 0.250 e. The molecule has 0 saturated carbocycles. The molecule has 0 fully saturated rings. The largest absolute Gasteiger partial charge is 0.539 e. The molecule has 0 radical (unpaired) electrons. The number of carbonyl (C=O) groups is 1. The Hall–Kier alpha value is -1.21. The van der Waals surface area contributed by atoms with Crippen molar-refractivity contribution in [1.29, 1.82) is 0 Å². The van der Waals surface area contributed by atoms with Crippen LogP contribution < -0.4 is 9.79 Å². The van der Waals surface area contributed by atoms with Gasteiger partial charge in [0.05, 0.1) is 10.8 Å². The fourth-order valence-corrected chi connectivity index (χ4v) is 1.84. The SMILES string of the molecule is O=C(c1ccccc1-[n+]1cc([O-])on1)C(Br)Br. The van der Waals surface area contributed by atoms with E-state index in [4.69, 9.17) is 0 Å². The molecule has 17 heavy (non-hydrogen) atoms. The summed E-state index contributed by atoms with van der Waals surface area (Å²) < 4.78 is 5.18. The Labute approximate surface area is 113 Å². The number of benzene rings is 1. The Kier molecular flexibility index (Phi) is 3.58. The number of rotatable bonds is 3. The third-order valence-electron chi connectivity index (χ3n) is 2.06. The minimum absolute atomic E-state index is 0.163. The van der Waals surface area contributed by atoms with Gasteiger partial charge in [-0.3, -0.25) is 4.79 Å². The van der Waals surface area contributed by atoms with E-state index in [1.54, 1.807) is 24.3 Å². The van der Waals surface area contributed by atoms with Gasteiger partial charge in [0.15, 0.2) is 5.78 Å². The van der Waals surface area contributed by atoms with Crippen LogP contribution in [0.25, 0.3) is 5.69 Å². The summed E-state index contributed by atoms with van der Waals surface area (Å²) in [4.78, 5) is 11.9. The smallest absolute Gasteiger partial charge is 0.250 e. The summed E-state index contributed by atoms with van der Waals surface area (Å²) >= 11 is 6.28. The van der Waals surface area contributed by atoms with Gasteiger partial charge in [-0.2, -0.15) is 0 Å². The minimum Gasteiger partial charge on any atom is -0.539 e. The number of nitrogens with zero attached hydrogens (tertiary/aromatic N) is 2. The van der Waals surface area contributed by atoms with Gasteiger partial charge in [0.25, 0.3) is 0 Å². The summed E-state index contributed by atoms with van der Waals surface area (Å²) in [5, 5.41) is 14.5. The number of alkyl halides is 2. The maximum atomic E-state index is 11.9. The van der Waals surface area contributed by atoms with Gasteiger partial charge in [0, 0.05) is 6.07 Å². The monoisotopic (exact) mass is 360 g/mol. The van der Waals surface area contributed by atoms with E-state index >= 15 is 0 Å². The molecule has 1 aromatic heterocycles.